The lowest BCUT2D eigenvalue weighted by molar-refractivity contribution is 0.240. The molecule has 16 heavy (non-hydrogen) atoms. The van der Waals surface area contributed by atoms with E-state index in [1.165, 1.54) is 0 Å². The summed E-state index contributed by atoms with van der Waals surface area (Å²) in [5.41, 5.74) is 0.849. The smallest absolute Gasteiger partial charge is 0.322 e. The summed E-state index contributed by atoms with van der Waals surface area (Å²) in [6.45, 7) is 3.90. The average Bonchev–Trinajstić information content (AvgIpc) is 2.35. The minimum absolute atomic E-state index is 0.0439. The van der Waals surface area contributed by atoms with Crippen molar-refractivity contribution in [3.05, 3.63) is 24.3 Å². The van der Waals surface area contributed by atoms with Gasteiger partial charge in [0.05, 0.1) is 12.2 Å². The third-order valence-corrected chi connectivity index (χ3v) is 2.50. The van der Waals surface area contributed by atoms with Crippen LogP contribution in [0.2, 0.25) is 0 Å². The summed E-state index contributed by atoms with van der Waals surface area (Å²) in [4.78, 5) is 13.6. The first-order chi connectivity index (χ1) is 7.83. The van der Waals surface area contributed by atoms with Crippen LogP contribution in [0.4, 0.5) is 10.5 Å². The van der Waals surface area contributed by atoms with Gasteiger partial charge in [-0.25, -0.2) is 4.79 Å². The zero-order chi connectivity index (χ0) is 11.4. The average molecular weight is 220 g/mol. The van der Waals surface area contributed by atoms with Crippen LogP contribution in [0.1, 0.15) is 13.3 Å². The monoisotopic (exact) mass is 220 g/mol. The van der Waals surface area contributed by atoms with Crippen LogP contribution in [-0.4, -0.2) is 25.7 Å². The fourth-order valence-corrected chi connectivity index (χ4v) is 1.71. The van der Waals surface area contributed by atoms with Crippen molar-refractivity contribution in [1.82, 2.24) is 5.32 Å². The molecule has 4 nitrogen and oxygen atoms in total. The van der Waals surface area contributed by atoms with Gasteiger partial charge in [0.2, 0.25) is 0 Å². The number of nitrogens with one attached hydrogen (secondary N) is 1. The molecule has 1 aliphatic heterocycles. The summed E-state index contributed by atoms with van der Waals surface area (Å²) < 4.78 is 5.49. The van der Waals surface area contributed by atoms with Crippen molar-refractivity contribution < 1.29 is 9.53 Å². The Morgan fingerprint density at radius 3 is 3.12 bits per heavy atom. The minimum atomic E-state index is -0.0439. The van der Waals surface area contributed by atoms with Crippen LogP contribution in [0, 0.1) is 0 Å². The van der Waals surface area contributed by atoms with E-state index in [4.69, 9.17) is 4.74 Å². The number of ether oxygens (including phenoxy) is 1. The zero-order valence-corrected chi connectivity index (χ0v) is 9.40. The van der Waals surface area contributed by atoms with Crippen LogP contribution in [0.15, 0.2) is 24.3 Å². The van der Waals surface area contributed by atoms with Gasteiger partial charge in [-0.2, -0.15) is 0 Å². The van der Waals surface area contributed by atoms with Crippen molar-refractivity contribution in [2.75, 3.05) is 24.6 Å². The van der Waals surface area contributed by atoms with Crippen molar-refractivity contribution in [2.45, 2.75) is 13.3 Å². The molecule has 0 radical (unpaired) electrons. The molecule has 1 aromatic carbocycles. The van der Waals surface area contributed by atoms with Crippen molar-refractivity contribution in [3.8, 4) is 5.75 Å². The topological polar surface area (TPSA) is 41.6 Å². The number of para-hydroxylation sites is 2. The fourth-order valence-electron chi connectivity index (χ4n) is 1.71. The summed E-state index contributed by atoms with van der Waals surface area (Å²) in [7, 11) is 0. The number of hydrogen-bond acceptors (Lipinski definition) is 2. The number of anilines is 1. The summed E-state index contributed by atoms with van der Waals surface area (Å²) in [6, 6.07) is 7.56. The first-order valence-corrected chi connectivity index (χ1v) is 5.60. The van der Waals surface area contributed by atoms with Gasteiger partial charge in [0.15, 0.2) is 0 Å². The molecule has 0 atom stereocenters. The van der Waals surface area contributed by atoms with E-state index < -0.39 is 0 Å². The number of urea groups is 1. The van der Waals surface area contributed by atoms with E-state index in [2.05, 4.69) is 5.32 Å². The molecule has 0 saturated heterocycles. The zero-order valence-electron chi connectivity index (χ0n) is 9.40. The largest absolute Gasteiger partial charge is 0.490 e. The molecule has 1 N–H and O–H groups in total. The van der Waals surface area contributed by atoms with E-state index in [0.717, 1.165) is 17.9 Å². The lowest BCUT2D eigenvalue weighted by Crippen LogP contribution is -2.44. The number of hydrogen-bond donors (Lipinski definition) is 1. The van der Waals surface area contributed by atoms with Gasteiger partial charge in [-0.1, -0.05) is 19.1 Å². The summed E-state index contributed by atoms with van der Waals surface area (Å²) >= 11 is 0. The van der Waals surface area contributed by atoms with Crippen molar-refractivity contribution in [2.24, 2.45) is 0 Å². The highest BCUT2D eigenvalue weighted by molar-refractivity contribution is 5.93. The van der Waals surface area contributed by atoms with Crippen LogP contribution in [0.5, 0.6) is 5.75 Å². The summed E-state index contributed by atoms with van der Waals surface area (Å²) in [6.07, 6.45) is 0.942. The molecule has 1 aliphatic rings. The highest BCUT2D eigenvalue weighted by atomic mass is 16.5. The normalized spacial score (nSPS) is 13.9. The van der Waals surface area contributed by atoms with Crippen molar-refractivity contribution in [1.29, 1.82) is 0 Å². The Balaban J connectivity index is 2.15. The van der Waals surface area contributed by atoms with Gasteiger partial charge in [0.1, 0.15) is 12.4 Å². The van der Waals surface area contributed by atoms with Gasteiger partial charge in [0, 0.05) is 6.54 Å². The lowest BCUT2D eigenvalue weighted by Gasteiger charge is -2.29. The number of carbonyl (C=O) groups is 1. The summed E-state index contributed by atoms with van der Waals surface area (Å²) in [5, 5.41) is 2.87. The Morgan fingerprint density at radius 1 is 1.50 bits per heavy atom. The Bertz CT molecular complexity index is 379. The maximum atomic E-state index is 11.9. The predicted octanol–water partition coefficient (Wildman–Crippen LogP) is 2.00. The third kappa shape index (κ3) is 2.10. The number of nitrogens with zero attached hydrogens (tertiary/aromatic N) is 1. The quantitative estimate of drug-likeness (QED) is 0.828. The van der Waals surface area contributed by atoms with E-state index in [9.17, 15) is 4.79 Å². The van der Waals surface area contributed by atoms with Crippen LogP contribution in [0.3, 0.4) is 0 Å². The molecular weight excluding hydrogens is 204 g/mol. The highest BCUT2D eigenvalue weighted by Crippen LogP contribution is 2.30. The molecule has 0 aromatic heterocycles. The number of amides is 2. The van der Waals surface area contributed by atoms with Gasteiger partial charge >= 0.3 is 6.03 Å². The molecule has 0 bridgehead atoms. The molecule has 86 valence electrons. The Labute approximate surface area is 95.2 Å². The standard InChI is InChI=1S/C12H16N2O2/c1-2-7-13-12(15)14-8-9-16-11-6-4-3-5-10(11)14/h3-6H,2,7-9H2,1H3,(H,13,15). The maximum absolute atomic E-state index is 11.9. The molecule has 0 saturated carbocycles. The highest BCUT2D eigenvalue weighted by Gasteiger charge is 2.22. The van der Waals surface area contributed by atoms with E-state index >= 15 is 0 Å². The molecule has 1 aromatic rings. The van der Waals surface area contributed by atoms with E-state index in [-0.39, 0.29) is 6.03 Å². The molecule has 2 rings (SSSR count). The Hall–Kier alpha value is -1.71. The molecule has 0 unspecified atom stereocenters. The summed E-state index contributed by atoms with van der Waals surface area (Å²) in [5.74, 6) is 0.778. The van der Waals surface area contributed by atoms with Gasteiger partial charge in [-0.15, -0.1) is 0 Å². The van der Waals surface area contributed by atoms with E-state index in [0.29, 0.717) is 19.7 Å². The number of benzene rings is 1. The van der Waals surface area contributed by atoms with Gasteiger partial charge in [0.25, 0.3) is 0 Å². The van der Waals surface area contributed by atoms with E-state index in [1.54, 1.807) is 4.90 Å². The second kappa shape index (κ2) is 4.88. The van der Waals surface area contributed by atoms with Crippen LogP contribution in [0.25, 0.3) is 0 Å². The Kier molecular flexibility index (Phi) is 3.29. The second-order valence-corrected chi connectivity index (χ2v) is 3.70. The van der Waals surface area contributed by atoms with Gasteiger partial charge < -0.3 is 10.1 Å². The van der Waals surface area contributed by atoms with Crippen molar-refractivity contribution >= 4 is 11.7 Å². The van der Waals surface area contributed by atoms with Crippen molar-refractivity contribution in [3.63, 3.8) is 0 Å². The molecule has 0 spiro atoms. The molecular formula is C12H16N2O2. The molecule has 0 fully saturated rings. The van der Waals surface area contributed by atoms with Crippen LogP contribution < -0.4 is 15.0 Å². The molecule has 4 heteroatoms. The minimum Gasteiger partial charge on any atom is -0.490 e. The fraction of sp³-hybridized carbons (Fsp3) is 0.417. The first kappa shape index (κ1) is 10.8. The van der Waals surface area contributed by atoms with Gasteiger partial charge in [-0.3, -0.25) is 4.90 Å². The van der Waals surface area contributed by atoms with Crippen LogP contribution >= 0.6 is 0 Å². The van der Waals surface area contributed by atoms with Gasteiger partial charge in [-0.05, 0) is 18.6 Å². The SMILES string of the molecule is CCCNC(=O)N1CCOc2ccccc21. The molecule has 0 aliphatic carbocycles. The molecule has 2 amide bonds. The number of fused-ring (bicyclic) bond motifs is 1. The number of rotatable bonds is 2. The first-order valence-electron chi connectivity index (χ1n) is 5.60. The predicted molar refractivity (Wildman–Crippen MR) is 63.0 cm³/mol. The molecule has 1 heterocycles. The lowest BCUT2D eigenvalue weighted by atomic mass is 10.2. The van der Waals surface area contributed by atoms with E-state index in [1.807, 2.05) is 31.2 Å². The second-order valence-electron chi connectivity index (χ2n) is 3.70. The maximum Gasteiger partial charge on any atom is 0.322 e. The third-order valence-electron chi connectivity index (χ3n) is 2.50. The number of carbonyl (C=O) groups excluding carboxylic acids is 1. The van der Waals surface area contributed by atoms with Crippen LogP contribution in [-0.2, 0) is 0 Å². The Morgan fingerprint density at radius 2 is 2.31 bits per heavy atom.